The van der Waals surface area contributed by atoms with E-state index in [-0.39, 0.29) is 5.91 Å². The van der Waals surface area contributed by atoms with Crippen molar-refractivity contribution < 1.29 is 9.53 Å². The molecule has 5 nitrogen and oxygen atoms in total. The number of amides is 1. The van der Waals surface area contributed by atoms with Crippen LogP contribution in [0.15, 0.2) is 36.4 Å². The lowest BCUT2D eigenvalue weighted by Gasteiger charge is -2.36. The van der Waals surface area contributed by atoms with E-state index >= 15 is 0 Å². The quantitative estimate of drug-likeness (QED) is 0.702. The first-order valence-corrected chi connectivity index (χ1v) is 10.4. The summed E-state index contributed by atoms with van der Waals surface area (Å²) in [4.78, 5) is 20.0. The van der Waals surface area contributed by atoms with Crippen molar-refractivity contribution in [2.24, 2.45) is 0 Å². The van der Waals surface area contributed by atoms with Crippen LogP contribution in [0.4, 0.5) is 5.69 Å². The van der Waals surface area contributed by atoms with Crippen LogP contribution in [0, 0.1) is 0 Å². The molecule has 0 atom stereocenters. The minimum absolute atomic E-state index is 0.141. The SMILES string of the molecule is CCOc1ccccc1N1CCN(CC(=O)N(C)Cc2ccc(Cl)s2)CC1. The van der Waals surface area contributed by atoms with E-state index in [1.54, 1.807) is 4.90 Å². The van der Waals surface area contributed by atoms with Crippen LogP contribution in [0.5, 0.6) is 5.75 Å². The molecule has 0 bridgehead atoms. The van der Waals surface area contributed by atoms with E-state index in [0.717, 1.165) is 46.8 Å². The van der Waals surface area contributed by atoms with Crippen LogP contribution < -0.4 is 9.64 Å². The number of ether oxygens (including phenoxy) is 1. The molecule has 0 saturated carbocycles. The molecule has 0 spiro atoms. The lowest BCUT2D eigenvalue weighted by atomic mass is 10.2. The molecule has 1 aromatic carbocycles. The van der Waals surface area contributed by atoms with Gasteiger partial charge in [-0.25, -0.2) is 0 Å². The van der Waals surface area contributed by atoms with Gasteiger partial charge in [0.1, 0.15) is 5.75 Å². The molecule has 1 fully saturated rings. The van der Waals surface area contributed by atoms with Gasteiger partial charge in [0.05, 0.1) is 29.7 Å². The van der Waals surface area contributed by atoms with E-state index in [2.05, 4.69) is 15.9 Å². The number of thiophene rings is 1. The highest BCUT2D eigenvalue weighted by molar-refractivity contribution is 7.16. The number of carbonyl (C=O) groups is 1. The second-order valence-corrected chi connectivity index (χ2v) is 8.42. The Hall–Kier alpha value is -1.76. The highest BCUT2D eigenvalue weighted by Gasteiger charge is 2.22. The Morgan fingerprint density at radius 1 is 1.19 bits per heavy atom. The van der Waals surface area contributed by atoms with Gasteiger partial charge in [0, 0.05) is 38.1 Å². The van der Waals surface area contributed by atoms with Gasteiger partial charge >= 0.3 is 0 Å². The minimum atomic E-state index is 0.141. The zero-order valence-electron chi connectivity index (χ0n) is 15.9. The standard InChI is InChI=1S/C20H26ClN3O2S/c1-3-26-18-7-5-4-6-17(18)24-12-10-23(11-13-24)15-20(25)22(2)14-16-8-9-19(21)27-16/h4-9H,3,10-15H2,1-2H3. The Morgan fingerprint density at radius 2 is 1.93 bits per heavy atom. The van der Waals surface area contributed by atoms with E-state index in [0.29, 0.717) is 19.7 Å². The highest BCUT2D eigenvalue weighted by atomic mass is 35.5. The van der Waals surface area contributed by atoms with Gasteiger partial charge in [-0.15, -0.1) is 11.3 Å². The predicted molar refractivity (Wildman–Crippen MR) is 112 cm³/mol. The van der Waals surface area contributed by atoms with Gasteiger partial charge in [-0.2, -0.15) is 0 Å². The topological polar surface area (TPSA) is 36.0 Å². The first kappa shape index (κ1) is 20.0. The van der Waals surface area contributed by atoms with Gasteiger partial charge in [-0.3, -0.25) is 9.69 Å². The summed E-state index contributed by atoms with van der Waals surface area (Å²) in [5, 5.41) is 0. The molecular weight excluding hydrogens is 382 g/mol. The largest absolute Gasteiger partial charge is 0.492 e. The summed E-state index contributed by atoms with van der Waals surface area (Å²) >= 11 is 7.49. The van der Waals surface area contributed by atoms with Crippen LogP contribution in [0.1, 0.15) is 11.8 Å². The lowest BCUT2D eigenvalue weighted by Crippen LogP contribution is -2.49. The van der Waals surface area contributed by atoms with Gasteiger partial charge in [0.15, 0.2) is 0 Å². The molecule has 27 heavy (non-hydrogen) atoms. The molecule has 1 aromatic heterocycles. The maximum absolute atomic E-state index is 12.5. The first-order valence-electron chi connectivity index (χ1n) is 9.24. The van der Waals surface area contributed by atoms with Gasteiger partial charge < -0.3 is 14.5 Å². The number of rotatable bonds is 7. The maximum Gasteiger partial charge on any atom is 0.236 e. The van der Waals surface area contributed by atoms with Crippen molar-refractivity contribution in [1.29, 1.82) is 0 Å². The van der Waals surface area contributed by atoms with Gasteiger partial charge in [-0.1, -0.05) is 23.7 Å². The summed E-state index contributed by atoms with van der Waals surface area (Å²) in [5.41, 5.74) is 1.14. The van der Waals surface area contributed by atoms with Crippen LogP contribution in [0.25, 0.3) is 0 Å². The number of para-hydroxylation sites is 2. The van der Waals surface area contributed by atoms with Crippen LogP contribution in [0.2, 0.25) is 4.34 Å². The van der Waals surface area contributed by atoms with Crippen molar-refractivity contribution in [2.75, 3.05) is 51.3 Å². The zero-order valence-corrected chi connectivity index (χ0v) is 17.4. The number of likely N-dealkylation sites (N-methyl/N-ethyl adjacent to an activating group) is 1. The molecule has 1 aliphatic rings. The maximum atomic E-state index is 12.5. The van der Waals surface area contributed by atoms with E-state index in [1.165, 1.54) is 11.3 Å². The highest BCUT2D eigenvalue weighted by Crippen LogP contribution is 2.28. The second kappa shape index (κ2) is 9.44. The third kappa shape index (κ3) is 5.37. The fourth-order valence-corrected chi connectivity index (χ4v) is 4.35. The third-order valence-electron chi connectivity index (χ3n) is 4.68. The number of hydrogen-bond acceptors (Lipinski definition) is 5. The van der Waals surface area contributed by atoms with Gasteiger partial charge in [0.25, 0.3) is 0 Å². The first-order chi connectivity index (χ1) is 13.1. The summed E-state index contributed by atoms with van der Waals surface area (Å²) in [5.74, 6) is 1.07. The van der Waals surface area contributed by atoms with Crippen molar-refractivity contribution >= 4 is 34.5 Å². The number of hydrogen-bond donors (Lipinski definition) is 0. The minimum Gasteiger partial charge on any atom is -0.492 e. The molecule has 7 heteroatoms. The number of anilines is 1. The molecule has 1 aliphatic heterocycles. The lowest BCUT2D eigenvalue weighted by molar-refractivity contribution is -0.131. The molecule has 2 heterocycles. The van der Waals surface area contributed by atoms with Crippen molar-refractivity contribution in [3.63, 3.8) is 0 Å². The van der Waals surface area contributed by atoms with Gasteiger partial charge in [-0.05, 0) is 31.2 Å². The molecule has 146 valence electrons. The van der Waals surface area contributed by atoms with Crippen molar-refractivity contribution in [1.82, 2.24) is 9.80 Å². The number of benzene rings is 1. The van der Waals surface area contributed by atoms with Crippen molar-refractivity contribution in [3.8, 4) is 5.75 Å². The smallest absolute Gasteiger partial charge is 0.236 e. The summed E-state index contributed by atoms with van der Waals surface area (Å²) in [6.07, 6.45) is 0. The summed E-state index contributed by atoms with van der Waals surface area (Å²) in [6.45, 7) is 7.24. The van der Waals surface area contributed by atoms with E-state index in [9.17, 15) is 4.79 Å². The Morgan fingerprint density at radius 3 is 2.59 bits per heavy atom. The molecular formula is C20H26ClN3O2S. The third-order valence-corrected chi connectivity index (χ3v) is 5.90. The number of halogens is 1. The van der Waals surface area contributed by atoms with E-state index in [4.69, 9.17) is 16.3 Å². The molecule has 0 aliphatic carbocycles. The summed E-state index contributed by atoms with van der Waals surface area (Å²) in [6, 6.07) is 12.0. The number of carbonyl (C=O) groups excluding carboxylic acids is 1. The Balaban J connectivity index is 1.50. The normalized spacial score (nSPS) is 15.0. The van der Waals surface area contributed by atoms with Crippen molar-refractivity contribution in [2.45, 2.75) is 13.5 Å². The fraction of sp³-hybridized carbons (Fsp3) is 0.450. The molecule has 0 unspecified atom stereocenters. The monoisotopic (exact) mass is 407 g/mol. The molecule has 0 N–H and O–H groups in total. The van der Waals surface area contributed by atoms with Gasteiger partial charge in [0.2, 0.25) is 5.91 Å². The molecule has 3 rings (SSSR count). The van der Waals surface area contributed by atoms with Crippen LogP contribution >= 0.6 is 22.9 Å². The second-order valence-electron chi connectivity index (χ2n) is 6.62. The average molecular weight is 408 g/mol. The Bertz CT molecular complexity index is 759. The summed E-state index contributed by atoms with van der Waals surface area (Å²) in [7, 11) is 1.85. The van der Waals surface area contributed by atoms with Crippen LogP contribution in [-0.4, -0.2) is 62.1 Å². The predicted octanol–water partition coefficient (Wildman–Crippen LogP) is 3.58. The fourth-order valence-electron chi connectivity index (χ4n) is 3.21. The van der Waals surface area contributed by atoms with Crippen molar-refractivity contribution in [3.05, 3.63) is 45.6 Å². The van der Waals surface area contributed by atoms with Crippen LogP contribution in [0.3, 0.4) is 0 Å². The molecule has 1 amide bonds. The van der Waals surface area contributed by atoms with E-state index < -0.39 is 0 Å². The average Bonchev–Trinajstić information content (AvgIpc) is 3.08. The van der Waals surface area contributed by atoms with E-state index in [1.807, 2.05) is 44.3 Å². The Kier molecular flexibility index (Phi) is 6.99. The van der Waals surface area contributed by atoms with Crippen LogP contribution in [-0.2, 0) is 11.3 Å². The molecule has 0 radical (unpaired) electrons. The molecule has 1 saturated heterocycles. The molecule has 2 aromatic rings. The number of nitrogens with zero attached hydrogens (tertiary/aromatic N) is 3. The zero-order chi connectivity index (χ0) is 19.2. The number of piperazine rings is 1. The Labute approximate surface area is 170 Å². The summed E-state index contributed by atoms with van der Waals surface area (Å²) < 4.78 is 6.51.